The molecule has 0 saturated heterocycles. The summed E-state index contributed by atoms with van der Waals surface area (Å²) in [5.74, 6) is -0.938. The van der Waals surface area contributed by atoms with Gasteiger partial charge in [0.05, 0.1) is 19.8 Å². The molecule has 0 amide bonds. The number of rotatable bonds is 37. The van der Waals surface area contributed by atoms with E-state index in [-0.39, 0.29) is 19.4 Å². The predicted octanol–water partition coefficient (Wildman–Crippen LogP) is 9.44. The summed E-state index contributed by atoms with van der Waals surface area (Å²) in [5, 5.41) is 18.3. The number of hydrogen-bond donors (Lipinski definition) is 3. The van der Waals surface area contributed by atoms with Crippen LogP contribution in [-0.2, 0) is 32.7 Å². The Kier molecular flexibility index (Phi) is 33.8. The van der Waals surface area contributed by atoms with E-state index in [1.165, 1.54) is 70.6 Å². The van der Waals surface area contributed by atoms with Crippen LogP contribution in [0.2, 0.25) is 0 Å². The fraction of sp³-hybridized carbons (Fsp3) is 0.842. The summed E-state index contributed by atoms with van der Waals surface area (Å²) in [6.07, 6.45) is 30.4. The maximum atomic E-state index is 12.5. The number of phosphoric acid groups is 1. The smallest absolute Gasteiger partial charge is 0.462 e. The van der Waals surface area contributed by atoms with Crippen LogP contribution in [0.15, 0.2) is 24.8 Å². The molecule has 0 bridgehead atoms. The van der Waals surface area contributed by atoms with Gasteiger partial charge in [0.15, 0.2) is 6.10 Å². The molecule has 3 N–H and O–H groups in total. The van der Waals surface area contributed by atoms with Gasteiger partial charge in [0.2, 0.25) is 0 Å². The Morgan fingerprint density at radius 3 is 1.61 bits per heavy atom. The van der Waals surface area contributed by atoms with Crippen molar-refractivity contribution >= 4 is 19.8 Å². The SMILES string of the molecule is C=CCCCCCCCCCCCCCCCC(=O)OC[C@H](COP(=O)(O)OC[C@@H](O)CO)OC(=O)CCCCCCC/C=C/CCCC. The number of aliphatic hydroxyl groups is 2. The number of unbranched alkanes of at least 4 members (excludes halogenated alkanes) is 20. The fourth-order valence-corrected chi connectivity index (χ4v) is 5.98. The molecule has 0 aliphatic carbocycles. The van der Waals surface area contributed by atoms with Crippen molar-refractivity contribution in [2.45, 2.75) is 180 Å². The normalized spacial score (nSPS) is 14.0. The van der Waals surface area contributed by atoms with Crippen molar-refractivity contribution in [3.63, 3.8) is 0 Å². The van der Waals surface area contributed by atoms with Crippen LogP contribution >= 0.6 is 7.82 Å². The molecule has 0 radical (unpaired) electrons. The zero-order valence-corrected chi connectivity index (χ0v) is 31.6. The van der Waals surface area contributed by atoms with Crippen LogP contribution in [0, 0.1) is 0 Å². The summed E-state index contributed by atoms with van der Waals surface area (Å²) in [5.41, 5.74) is 0. The monoisotopic (exact) mass is 718 g/mol. The number of ether oxygens (including phenoxy) is 2. The topological polar surface area (TPSA) is 149 Å². The van der Waals surface area contributed by atoms with E-state index in [1.54, 1.807) is 0 Å². The Labute approximate surface area is 298 Å². The Hall–Kier alpha value is -1.55. The molecule has 0 saturated carbocycles. The molecule has 11 heteroatoms. The highest BCUT2D eigenvalue weighted by atomic mass is 31.2. The summed E-state index contributed by atoms with van der Waals surface area (Å²) in [6, 6.07) is 0. The first-order valence-corrected chi connectivity index (χ1v) is 20.7. The first-order valence-electron chi connectivity index (χ1n) is 19.3. The van der Waals surface area contributed by atoms with E-state index < -0.39 is 51.8 Å². The van der Waals surface area contributed by atoms with Crippen molar-refractivity contribution in [1.82, 2.24) is 0 Å². The van der Waals surface area contributed by atoms with Gasteiger partial charge < -0.3 is 24.6 Å². The Morgan fingerprint density at radius 2 is 1.10 bits per heavy atom. The quantitative estimate of drug-likeness (QED) is 0.0245. The van der Waals surface area contributed by atoms with Gasteiger partial charge in [-0.15, -0.1) is 6.58 Å². The zero-order valence-electron chi connectivity index (χ0n) is 30.7. The van der Waals surface area contributed by atoms with E-state index in [2.05, 4.69) is 30.2 Å². The molecule has 0 aromatic rings. The van der Waals surface area contributed by atoms with Crippen molar-refractivity contribution in [3.05, 3.63) is 24.8 Å². The predicted molar refractivity (Wildman–Crippen MR) is 196 cm³/mol. The highest BCUT2D eigenvalue weighted by Gasteiger charge is 2.27. The summed E-state index contributed by atoms with van der Waals surface area (Å²) in [4.78, 5) is 34.8. The Bertz CT molecular complexity index is 865. The summed E-state index contributed by atoms with van der Waals surface area (Å²) >= 11 is 0. The average molecular weight is 719 g/mol. The molecular formula is C38H71O10P. The number of esters is 2. The molecule has 3 atom stereocenters. The van der Waals surface area contributed by atoms with Crippen molar-refractivity contribution < 1.29 is 47.8 Å². The van der Waals surface area contributed by atoms with Gasteiger partial charge in [0.25, 0.3) is 0 Å². The second-order valence-corrected chi connectivity index (χ2v) is 14.5. The number of aliphatic hydroxyl groups excluding tert-OH is 2. The lowest BCUT2D eigenvalue weighted by Crippen LogP contribution is -2.29. The molecule has 288 valence electrons. The van der Waals surface area contributed by atoms with Gasteiger partial charge in [-0.25, -0.2) is 4.57 Å². The van der Waals surface area contributed by atoms with Crippen molar-refractivity contribution in [2.24, 2.45) is 0 Å². The third-order valence-electron chi connectivity index (χ3n) is 8.22. The Balaban J connectivity index is 4.32. The molecule has 1 unspecified atom stereocenters. The fourth-order valence-electron chi connectivity index (χ4n) is 5.19. The minimum Gasteiger partial charge on any atom is -0.462 e. The zero-order chi connectivity index (χ0) is 36.3. The molecule has 0 rings (SSSR count). The standard InChI is InChI=1S/C38H71O10P/c1-3-5-7-9-11-13-15-16-17-18-20-21-23-25-27-29-37(41)45-33-36(34-47-49(43,44)46-32-35(40)31-39)48-38(42)30-28-26-24-22-19-14-12-10-8-6-4-2/h3,10,12,35-36,39-40H,1,4-9,11,13-34H2,2H3,(H,43,44)/b12-10+/t35-,36+/m0/s1. The van der Waals surface area contributed by atoms with Gasteiger partial charge in [-0.05, 0) is 44.9 Å². The molecule has 0 spiro atoms. The highest BCUT2D eigenvalue weighted by Crippen LogP contribution is 2.43. The molecule has 10 nitrogen and oxygen atoms in total. The van der Waals surface area contributed by atoms with E-state index >= 15 is 0 Å². The van der Waals surface area contributed by atoms with E-state index in [0.717, 1.165) is 64.2 Å². The molecule has 49 heavy (non-hydrogen) atoms. The number of carbonyl (C=O) groups is 2. The number of allylic oxidation sites excluding steroid dienone is 3. The van der Waals surface area contributed by atoms with Crippen molar-refractivity contribution in [3.8, 4) is 0 Å². The second-order valence-electron chi connectivity index (χ2n) is 13.0. The van der Waals surface area contributed by atoms with Crippen LogP contribution in [0.4, 0.5) is 0 Å². The van der Waals surface area contributed by atoms with Crippen molar-refractivity contribution in [1.29, 1.82) is 0 Å². The minimum absolute atomic E-state index is 0.174. The lowest BCUT2D eigenvalue weighted by molar-refractivity contribution is -0.161. The maximum absolute atomic E-state index is 12.5. The summed E-state index contributed by atoms with van der Waals surface area (Å²) < 4.78 is 32.5. The molecule has 0 aliphatic heterocycles. The van der Waals surface area contributed by atoms with Gasteiger partial charge in [-0.1, -0.05) is 128 Å². The highest BCUT2D eigenvalue weighted by molar-refractivity contribution is 7.47. The van der Waals surface area contributed by atoms with Crippen LogP contribution in [0.3, 0.4) is 0 Å². The van der Waals surface area contributed by atoms with Gasteiger partial charge >= 0.3 is 19.8 Å². The molecule has 0 aliphatic rings. The number of hydrogen-bond acceptors (Lipinski definition) is 9. The van der Waals surface area contributed by atoms with E-state index in [4.69, 9.17) is 19.1 Å². The third kappa shape index (κ3) is 34.7. The summed E-state index contributed by atoms with van der Waals surface area (Å²) in [6.45, 7) is 3.83. The van der Waals surface area contributed by atoms with E-state index in [9.17, 15) is 24.2 Å². The first kappa shape index (κ1) is 47.4. The van der Waals surface area contributed by atoms with Gasteiger partial charge in [0.1, 0.15) is 12.7 Å². The molecule has 0 fully saturated rings. The molecular weight excluding hydrogens is 647 g/mol. The van der Waals surface area contributed by atoms with E-state index in [0.29, 0.717) is 12.8 Å². The van der Waals surface area contributed by atoms with Crippen LogP contribution in [0.1, 0.15) is 167 Å². The van der Waals surface area contributed by atoms with Crippen LogP contribution in [0.5, 0.6) is 0 Å². The number of carbonyl (C=O) groups excluding carboxylic acids is 2. The minimum atomic E-state index is -4.61. The van der Waals surface area contributed by atoms with Crippen LogP contribution in [-0.4, -0.2) is 65.7 Å². The Morgan fingerprint density at radius 1 is 0.653 bits per heavy atom. The van der Waals surface area contributed by atoms with Crippen LogP contribution in [0.25, 0.3) is 0 Å². The maximum Gasteiger partial charge on any atom is 0.472 e. The van der Waals surface area contributed by atoms with E-state index in [1.807, 2.05) is 6.08 Å². The van der Waals surface area contributed by atoms with Crippen LogP contribution < -0.4 is 0 Å². The largest absolute Gasteiger partial charge is 0.472 e. The molecule has 0 aromatic heterocycles. The average Bonchev–Trinajstić information content (AvgIpc) is 3.09. The first-order chi connectivity index (χ1) is 23.7. The second kappa shape index (κ2) is 34.9. The van der Waals surface area contributed by atoms with Crippen molar-refractivity contribution in [2.75, 3.05) is 26.4 Å². The number of phosphoric ester groups is 1. The van der Waals surface area contributed by atoms with Gasteiger partial charge in [-0.3, -0.25) is 18.6 Å². The molecule has 0 aromatic carbocycles. The van der Waals surface area contributed by atoms with Gasteiger partial charge in [0, 0.05) is 12.8 Å². The third-order valence-corrected chi connectivity index (χ3v) is 9.18. The lowest BCUT2D eigenvalue weighted by atomic mass is 10.0. The van der Waals surface area contributed by atoms with Gasteiger partial charge in [-0.2, -0.15) is 0 Å². The molecule has 0 heterocycles. The lowest BCUT2D eigenvalue weighted by Gasteiger charge is -2.20. The summed E-state index contributed by atoms with van der Waals surface area (Å²) in [7, 11) is -4.61.